The second-order valence-electron chi connectivity index (χ2n) is 5.47. The normalized spacial score (nSPS) is 11.0. The molecule has 1 amide bonds. The van der Waals surface area contributed by atoms with Crippen molar-refractivity contribution in [3.05, 3.63) is 65.0 Å². The average Bonchev–Trinajstić information content (AvgIpc) is 3.37. The van der Waals surface area contributed by atoms with Crippen LogP contribution in [-0.4, -0.2) is 32.0 Å². The Morgan fingerprint density at radius 3 is 3.08 bits per heavy atom. The zero-order valence-electron chi connectivity index (χ0n) is 13.3. The van der Waals surface area contributed by atoms with Gasteiger partial charge in [0.25, 0.3) is 5.91 Å². The van der Waals surface area contributed by atoms with Crippen LogP contribution in [0.1, 0.15) is 22.1 Å². The van der Waals surface area contributed by atoms with E-state index >= 15 is 0 Å². The van der Waals surface area contributed by atoms with Crippen LogP contribution in [0.2, 0.25) is 0 Å². The number of oxazole rings is 1. The van der Waals surface area contributed by atoms with Crippen LogP contribution in [0.15, 0.2) is 52.2 Å². The summed E-state index contributed by atoms with van der Waals surface area (Å²) in [5, 5.41) is 4.79. The van der Waals surface area contributed by atoms with Crippen molar-refractivity contribution in [1.29, 1.82) is 0 Å². The fourth-order valence-corrected chi connectivity index (χ4v) is 3.12. The Labute approximate surface area is 147 Å². The van der Waals surface area contributed by atoms with Gasteiger partial charge in [0.1, 0.15) is 12.8 Å². The topological polar surface area (TPSA) is 85.8 Å². The van der Waals surface area contributed by atoms with E-state index in [0.717, 1.165) is 16.7 Å². The van der Waals surface area contributed by atoms with Crippen LogP contribution in [0.3, 0.4) is 0 Å². The number of carbonyl (C=O) groups excluding carboxylic acids is 1. The van der Waals surface area contributed by atoms with Crippen molar-refractivity contribution in [2.24, 2.45) is 0 Å². The molecule has 4 aromatic rings. The first-order chi connectivity index (χ1) is 12.3. The van der Waals surface area contributed by atoms with E-state index in [1.165, 1.54) is 6.26 Å². The van der Waals surface area contributed by atoms with Crippen molar-refractivity contribution in [2.75, 3.05) is 6.54 Å². The van der Waals surface area contributed by atoms with E-state index in [4.69, 9.17) is 4.42 Å². The lowest BCUT2D eigenvalue weighted by Gasteiger charge is -2.01. The van der Waals surface area contributed by atoms with Gasteiger partial charge in [-0.3, -0.25) is 4.79 Å². The zero-order valence-corrected chi connectivity index (χ0v) is 14.1. The van der Waals surface area contributed by atoms with Crippen molar-refractivity contribution in [3.8, 4) is 0 Å². The van der Waals surface area contributed by atoms with Crippen molar-refractivity contribution in [3.63, 3.8) is 0 Å². The van der Waals surface area contributed by atoms with Gasteiger partial charge in [0.2, 0.25) is 5.89 Å². The number of imidazole rings is 1. The molecule has 7 nitrogen and oxygen atoms in total. The van der Waals surface area contributed by atoms with E-state index < -0.39 is 0 Å². The molecule has 8 heteroatoms. The van der Waals surface area contributed by atoms with E-state index in [2.05, 4.69) is 20.3 Å². The molecule has 0 radical (unpaired) electrons. The standard InChI is InChI=1S/C17H15N5O2S/c23-17(18-6-5-12-9-25-11-20-12)14-8-24-16(21-14)7-22-10-19-13-3-1-2-4-15(13)22/h1-4,8-11H,5-7H2,(H,18,23). The first-order valence-electron chi connectivity index (χ1n) is 7.79. The van der Waals surface area contributed by atoms with E-state index in [-0.39, 0.29) is 11.6 Å². The Hall–Kier alpha value is -3.00. The van der Waals surface area contributed by atoms with Gasteiger partial charge in [-0.15, -0.1) is 11.3 Å². The van der Waals surface area contributed by atoms with Gasteiger partial charge < -0.3 is 14.3 Å². The number of para-hydroxylation sites is 2. The minimum atomic E-state index is -0.249. The third-order valence-corrected chi connectivity index (χ3v) is 4.40. The average molecular weight is 353 g/mol. The molecule has 3 heterocycles. The lowest BCUT2D eigenvalue weighted by atomic mass is 10.3. The number of hydrogen-bond acceptors (Lipinski definition) is 6. The fourth-order valence-electron chi connectivity index (χ4n) is 2.53. The highest BCUT2D eigenvalue weighted by molar-refractivity contribution is 7.07. The summed E-state index contributed by atoms with van der Waals surface area (Å²) in [6.45, 7) is 0.934. The van der Waals surface area contributed by atoms with Crippen molar-refractivity contribution >= 4 is 28.3 Å². The number of carbonyl (C=O) groups is 1. The first-order valence-corrected chi connectivity index (χ1v) is 8.73. The maximum absolute atomic E-state index is 12.1. The molecule has 3 aromatic heterocycles. The van der Waals surface area contributed by atoms with Crippen LogP contribution < -0.4 is 5.32 Å². The molecule has 0 saturated heterocycles. The molecule has 0 atom stereocenters. The highest BCUT2D eigenvalue weighted by Crippen LogP contribution is 2.14. The summed E-state index contributed by atoms with van der Waals surface area (Å²) >= 11 is 1.54. The molecule has 0 spiro atoms. The predicted molar refractivity (Wildman–Crippen MR) is 93.5 cm³/mol. The highest BCUT2D eigenvalue weighted by atomic mass is 32.1. The van der Waals surface area contributed by atoms with Crippen LogP contribution >= 0.6 is 11.3 Å². The zero-order chi connectivity index (χ0) is 17.1. The maximum Gasteiger partial charge on any atom is 0.273 e. The fraction of sp³-hybridized carbons (Fsp3) is 0.176. The summed E-state index contributed by atoms with van der Waals surface area (Å²) in [6, 6.07) is 7.83. The summed E-state index contributed by atoms with van der Waals surface area (Å²) in [5.74, 6) is 0.216. The van der Waals surface area contributed by atoms with Gasteiger partial charge in [-0.2, -0.15) is 0 Å². The number of benzene rings is 1. The van der Waals surface area contributed by atoms with E-state index in [1.807, 2.05) is 34.2 Å². The Morgan fingerprint density at radius 2 is 2.20 bits per heavy atom. The van der Waals surface area contributed by atoms with Gasteiger partial charge in [-0.1, -0.05) is 12.1 Å². The van der Waals surface area contributed by atoms with Crippen LogP contribution in [0.5, 0.6) is 0 Å². The highest BCUT2D eigenvalue weighted by Gasteiger charge is 2.13. The summed E-state index contributed by atoms with van der Waals surface area (Å²) < 4.78 is 7.36. The van der Waals surface area contributed by atoms with Gasteiger partial charge in [-0.05, 0) is 12.1 Å². The Morgan fingerprint density at radius 1 is 1.28 bits per heavy atom. The van der Waals surface area contributed by atoms with Crippen molar-refractivity contribution in [2.45, 2.75) is 13.0 Å². The first kappa shape index (κ1) is 15.5. The summed E-state index contributed by atoms with van der Waals surface area (Å²) in [5.41, 5.74) is 4.93. The minimum absolute atomic E-state index is 0.249. The predicted octanol–water partition coefficient (Wildman–Crippen LogP) is 2.50. The lowest BCUT2D eigenvalue weighted by Crippen LogP contribution is -2.26. The molecule has 0 aliphatic rings. The molecule has 1 N–H and O–H groups in total. The van der Waals surface area contributed by atoms with Crippen LogP contribution in [0.4, 0.5) is 0 Å². The van der Waals surface area contributed by atoms with E-state index in [0.29, 0.717) is 25.4 Å². The number of nitrogens with zero attached hydrogens (tertiary/aromatic N) is 4. The minimum Gasteiger partial charge on any atom is -0.446 e. The Balaban J connectivity index is 1.38. The number of hydrogen-bond donors (Lipinski definition) is 1. The largest absolute Gasteiger partial charge is 0.446 e. The van der Waals surface area contributed by atoms with Crippen molar-refractivity contribution < 1.29 is 9.21 Å². The SMILES string of the molecule is O=C(NCCc1cscn1)c1coc(Cn2cnc3ccccc32)n1. The third-order valence-electron chi connectivity index (χ3n) is 3.77. The summed E-state index contributed by atoms with van der Waals surface area (Å²) in [4.78, 5) is 24.9. The molecule has 1 aromatic carbocycles. The molecule has 25 heavy (non-hydrogen) atoms. The number of nitrogens with one attached hydrogen (secondary N) is 1. The molecule has 0 bridgehead atoms. The molecule has 126 valence electrons. The second-order valence-corrected chi connectivity index (χ2v) is 6.19. The second kappa shape index (κ2) is 6.86. The number of rotatable bonds is 6. The molecule has 0 aliphatic heterocycles. The van der Waals surface area contributed by atoms with Crippen molar-refractivity contribution in [1.82, 2.24) is 24.8 Å². The Bertz CT molecular complexity index is 989. The van der Waals surface area contributed by atoms with Gasteiger partial charge in [0, 0.05) is 18.3 Å². The molecule has 0 saturated carbocycles. The number of thiazole rings is 1. The number of amides is 1. The van der Waals surface area contributed by atoms with Crippen LogP contribution in [0, 0.1) is 0 Å². The molecule has 0 unspecified atom stereocenters. The monoisotopic (exact) mass is 353 g/mol. The van der Waals surface area contributed by atoms with Gasteiger partial charge in [0.05, 0.1) is 28.6 Å². The number of fused-ring (bicyclic) bond motifs is 1. The van der Waals surface area contributed by atoms with Gasteiger partial charge in [-0.25, -0.2) is 15.0 Å². The molecular formula is C17H15N5O2S. The summed E-state index contributed by atoms with van der Waals surface area (Å²) in [6.07, 6.45) is 3.82. The third kappa shape index (κ3) is 3.43. The molecule has 0 fully saturated rings. The smallest absolute Gasteiger partial charge is 0.273 e. The molecule has 0 aliphatic carbocycles. The van der Waals surface area contributed by atoms with Crippen LogP contribution in [-0.2, 0) is 13.0 Å². The maximum atomic E-state index is 12.1. The van der Waals surface area contributed by atoms with Crippen LogP contribution in [0.25, 0.3) is 11.0 Å². The molecular weight excluding hydrogens is 338 g/mol. The van der Waals surface area contributed by atoms with E-state index in [1.54, 1.807) is 23.2 Å². The quantitative estimate of drug-likeness (QED) is 0.576. The Kier molecular flexibility index (Phi) is 4.26. The van der Waals surface area contributed by atoms with E-state index in [9.17, 15) is 4.79 Å². The number of aromatic nitrogens is 4. The molecule has 4 rings (SSSR count). The van der Waals surface area contributed by atoms with Gasteiger partial charge >= 0.3 is 0 Å². The lowest BCUT2D eigenvalue weighted by molar-refractivity contribution is 0.0949. The van der Waals surface area contributed by atoms with Gasteiger partial charge in [0.15, 0.2) is 5.69 Å². The summed E-state index contributed by atoms with van der Waals surface area (Å²) in [7, 11) is 0.